The van der Waals surface area contributed by atoms with Gasteiger partial charge in [0.25, 0.3) is 0 Å². The lowest BCUT2D eigenvalue weighted by Gasteiger charge is -2.32. The van der Waals surface area contributed by atoms with E-state index in [9.17, 15) is 10.1 Å². The molecule has 1 N–H and O–H groups in total. The lowest BCUT2D eigenvalue weighted by Crippen LogP contribution is -2.36. The van der Waals surface area contributed by atoms with Gasteiger partial charge in [-0.2, -0.15) is 0 Å². The third-order valence-electron chi connectivity index (χ3n) is 5.01. The highest BCUT2D eigenvalue weighted by atomic mass is 32.2. The minimum atomic E-state index is -0.429. The van der Waals surface area contributed by atoms with Gasteiger partial charge in [-0.25, -0.2) is 15.0 Å². The Hall–Kier alpha value is -3.40. The van der Waals surface area contributed by atoms with Gasteiger partial charge in [0.1, 0.15) is 12.1 Å². The zero-order chi connectivity index (χ0) is 21.6. The van der Waals surface area contributed by atoms with Crippen molar-refractivity contribution in [3.63, 3.8) is 0 Å². The van der Waals surface area contributed by atoms with Gasteiger partial charge in [0, 0.05) is 24.5 Å². The fourth-order valence-corrected chi connectivity index (χ4v) is 4.58. The number of nitrogens with zero attached hydrogens (tertiary/aromatic N) is 5. The monoisotopic (exact) mass is 438 g/mol. The standard InChI is InChI=1S/C21H22N6O3S/c1-30-17-7-3-2-6-16(17)25-20-19(27(28)29)21(24-14-23-20)26-12-9-15(10-13-26)31-18-8-4-5-11-22-18/h2-8,11,14-15H,9-10,12-13H2,1H3,(H,23,24,25). The smallest absolute Gasteiger partial charge is 0.353 e. The van der Waals surface area contributed by atoms with Gasteiger partial charge < -0.3 is 15.0 Å². The van der Waals surface area contributed by atoms with Gasteiger partial charge in [0.2, 0.25) is 11.6 Å². The summed E-state index contributed by atoms with van der Waals surface area (Å²) in [7, 11) is 1.55. The van der Waals surface area contributed by atoms with Crippen molar-refractivity contribution in [1.29, 1.82) is 0 Å². The molecule has 0 atom stereocenters. The van der Waals surface area contributed by atoms with Crippen molar-refractivity contribution in [2.24, 2.45) is 0 Å². The lowest BCUT2D eigenvalue weighted by molar-refractivity contribution is -0.383. The van der Waals surface area contributed by atoms with E-state index in [4.69, 9.17) is 4.74 Å². The Kier molecular flexibility index (Phi) is 6.46. The molecule has 0 bridgehead atoms. The number of benzene rings is 1. The van der Waals surface area contributed by atoms with Crippen molar-refractivity contribution in [2.45, 2.75) is 23.1 Å². The van der Waals surface area contributed by atoms with Crippen LogP contribution in [0.4, 0.5) is 23.0 Å². The fourth-order valence-electron chi connectivity index (χ4n) is 3.51. The quantitative estimate of drug-likeness (QED) is 0.427. The van der Waals surface area contributed by atoms with E-state index in [0.29, 0.717) is 35.6 Å². The first kappa shape index (κ1) is 20.9. The average molecular weight is 439 g/mol. The van der Waals surface area contributed by atoms with E-state index in [1.165, 1.54) is 6.33 Å². The number of pyridine rings is 1. The normalized spacial score (nSPS) is 14.3. The van der Waals surface area contributed by atoms with E-state index >= 15 is 0 Å². The molecule has 9 nitrogen and oxygen atoms in total. The summed E-state index contributed by atoms with van der Waals surface area (Å²) in [6.07, 6.45) is 4.92. The number of ether oxygens (including phenoxy) is 1. The Morgan fingerprint density at radius 3 is 2.61 bits per heavy atom. The van der Waals surface area contributed by atoms with E-state index in [1.54, 1.807) is 37.2 Å². The molecule has 1 aliphatic heterocycles. The number of nitro groups is 1. The third-order valence-corrected chi connectivity index (χ3v) is 6.30. The largest absolute Gasteiger partial charge is 0.495 e. The molecule has 1 aliphatic rings. The second-order valence-electron chi connectivity index (χ2n) is 6.95. The van der Waals surface area contributed by atoms with Crippen LogP contribution in [0.2, 0.25) is 0 Å². The van der Waals surface area contributed by atoms with Gasteiger partial charge in [-0.3, -0.25) is 10.1 Å². The summed E-state index contributed by atoms with van der Waals surface area (Å²) >= 11 is 1.75. The summed E-state index contributed by atoms with van der Waals surface area (Å²) in [5, 5.41) is 16.4. The van der Waals surface area contributed by atoms with E-state index in [1.807, 2.05) is 35.2 Å². The van der Waals surface area contributed by atoms with Gasteiger partial charge >= 0.3 is 5.69 Å². The molecule has 0 radical (unpaired) electrons. The van der Waals surface area contributed by atoms with Crippen molar-refractivity contribution in [3.05, 3.63) is 65.1 Å². The van der Waals surface area contributed by atoms with Gasteiger partial charge in [-0.15, -0.1) is 11.8 Å². The van der Waals surface area contributed by atoms with Crippen LogP contribution in [-0.2, 0) is 0 Å². The van der Waals surface area contributed by atoms with Crippen molar-refractivity contribution in [1.82, 2.24) is 15.0 Å². The number of hydrogen-bond donors (Lipinski definition) is 1. The lowest BCUT2D eigenvalue weighted by atomic mass is 10.1. The van der Waals surface area contributed by atoms with Crippen LogP contribution in [0.15, 0.2) is 60.0 Å². The minimum Gasteiger partial charge on any atom is -0.495 e. The summed E-state index contributed by atoms with van der Waals surface area (Å²) in [5.41, 5.74) is 0.465. The molecule has 0 unspecified atom stereocenters. The predicted molar refractivity (Wildman–Crippen MR) is 120 cm³/mol. The van der Waals surface area contributed by atoms with Crippen LogP contribution in [0.25, 0.3) is 0 Å². The van der Waals surface area contributed by atoms with Crippen molar-refractivity contribution >= 4 is 34.8 Å². The molecular weight excluding hydrogens is 416 g/mol. The van der Waals surface area contributed by atoms with Crippen LogP contribution >= 0.6 is 11.8 Å². The molecule has 31 heavy (non-hydrogen) atoms. The van der Waals surface area contributed by atoms with Gasteiger partial charge in [-0.05, 0) is 37.1 Å². The molecular formula is C21H22N6O3S. The minimum absolute atomic E-state index is 0.135. The Balaban J connectivity index is 1.52. The molecule has 1 saturated heterocycles. The van der Waals surface area contributed by atoms with E-state index in [2.05, 4.69) is 20.3 Å². The average Bonchev–Trinajstić information content (AvgIpc) is 2.80. The molecule has 0 spiro atoms. The number of nitrogens with one attached hydrogen (secondary N) is 1. The molecule has 1 fully saturated rings. The van der Waals surface area contributed by atoms with E-state index in [-0.39, 0.29) is 11.5 Å². The van der Waals surface area contributed by atoms with Gasteiger partial charge in [-0.1, -0.05) is 18.2 Å². The first-order valence-corrected chi connectivity index (χ1v) is 10.8. The molecule has 1 aromatic carbocycles. The van der Waals surface area contributed by atoms with Crippen LogP contribution < -0.4 is 15.0 Å². The zero-order valence-electron chi connectivity index (χ0n) is 17.0. The number of piperidine rings is 1. The maximum atomic E-state index is 12.0. The number of anilines is 3. The highest BCUT2D eigenvalue weighted by Gasteiger charge is 2.30. The van der Waals surface area contributed by atoms with Crippen LogP contribution in [0.3, 0.4) is 0 Å². The summed E-state index contributed by atoms with van der Waals surface area (Å²) in [6.45, 7) is 1.35. The van der Waals surface area contributed by atoms with Gasteiger partial charge in [0.15, 0.2) is 0 Å². The predicted octanol–water partition coefficient (Wildman–Crippen LogP) is 4.29. The number of aromatic nitrogens is 3. The Morgan fingerprint density at radius 1 is 1.13 bits per heavy atom. The maximum absolute atomic E-state index is 12.0. The van der Waals surface area contributed by atoms with Crippen LogP contribution in [0.1, 0.15) is 12.8 Å². The Morgan fingerprint density at radius 2 is 1.90 bits per heavy atom. The molecule has 160 valence electrons. The second-order valence-corrected chi connectivity index (χ2v) is 8.27. The molecule has 10 heteroatoms. The molecule has 2 aromatic heterocycles. The SMILES string of the molecule is COc1ccccc1Nc1ncnc(N2CCC(Sc3ccccn3)CC2)c1[N+](=O)[O-]. The number of rotatable bonds is 7. The van der Waals surface area contributed by atoms with Gasteiger partial charge in [0.05, 0.1) is 22.7 Å². The molecule has 3 heterocycles. The fraction of sp³-hybridized carbons (Fsp3) is 0.286. The number of methoxy groups -OCH3 is 1. The second kappa shape index (κ2) is 9.61. The Labute approximate surface area is 184 Å². The highest BCUT2D eigenvalue weighted by molar-refractivity contribution is 7.99. The summed E-state index contributed by atoms with van der Waals surface area (Å²) in [4.78, 5) is 26.3. The Bertz CT molecular complexity index is 1040. The molecule has 0 aliphatic carbocycles. The highest BCUT2D eigenvalue weighted by Crippen LogP contribution is 2.38. The topological polar surface area (TPSA) is 106 Å². The molecule has 3 aromatic rings. The first-order chi connectivity index (χ1) is 15.2. The van der Waals surface area contributed by atoms with Crippen molar-refractivity contribution < 1.29 is 9.66 Å². The maximum Gasteiger partial charge on any atom is 0.353 e. The summed E-state index contributed by atoms with van der Waals surface area (Å²) in [6, 6.07) is 13.1. The van der Waals surface area contributed by atoms with Crippen molar-refractivity contribution in [2.75, 3.05) is 30.4 Å². The van der Waals surface area contributed by atoms with E-state index in [0.717, 1.165) is 17.9 Å². The molecule has 0 saturated carbocycles. The van der Waals surface area contributed by atoms with E-state index < -0.39 is 4.92 Å². The third kappa shape index (κ3) is 4.85. The molecule has 4 rings (SSSR count). The summed E-state index contributed by atoms with van der Waals surface area (Å²) in [5.74, 6) is 1.05. The number of para-hydroxylation sites is 2. The molecule has 0 amide bonds. The summed E-state index contributed by atoms with van der Waals surface area (Å²) < 4.78 is 5.33. The number of hydrogen-bond acceptors (Lipinski definition) is 9. The number of thioether (sulfide) groups is 1. The van der Waals surface area contributed by atoms with Crippen LogP contribution in [0, 0.1) is 10.1 Å². The van der Waals surface area contributed by atoms with Crippen LogP contribution in [-0.4, -0.2) is 45.3 Å². The van der Waals surface area contributed by atoms with Crippen LogP contribution in [0.5, 0.6) is 5.75 Å². The zero-order valence-corrected chi connectivity index (χ0v) is 17.8. The van der Waals surface area contributed by atoms with Crippen molar-refractivity contribution in [3.8, 4) is 5.75 Å². The first-order valence-electron chi connectivity index (χ1n) is 9.87.